The standard InChI is InChI=1S/C16H17NO4/c1-10-6-13(4-5-15(10)16(18)19)21-9-12-8-14(20-3)7-11(2)17-12/h4-8H,9H2,1-3H3,(H,18,19). The van der Waals surface area contributed by atoms with E-state index >= 15 is 0 Å². The molecule has 0 unspecified atom stereocenters. The van der Waals surface area contributed by atoms with Crippen LogP contribution in [-0.2, 0) is 6.61 Å². The molecular formula is C16H17NO4. The van der Waals surface area contributed by atoms with Crippen LogP contribution in [0.15, 0.2) is 30.3 Å². The summed E-state index contributed by atoms with van der Waals surface area (Å²) < 4.78 is 10.8. The number of pyridine rings is 1. The van der Waals surface area contributed by atoms with Gasteiger partial charge in [0, 0.05) is 17.8 Å². The summed E-state index contributed by atoms with van der Waals surface area (Å²) in [6.07, 6.45) is 0. The molecule has 0 saturated carbocycles. The van der Waals surface area contributed by atoms with Gasteiger partial charge in [-0.15, -0.1) is 0 Å². The van der Waals surface area contributed by atoms with E-state index in [1.165, 1.54) is 6.07 Å². The fourth-order valence-electron chi connectivity index (χ4n) is 2.02. The molecule has 0 radical (unpaired) electrons. The van der Waals surface area contributed by atoms with Gasteiger partial charge < -0.3 is 14.6 Å². The molecule has 1 heterocycles. The zero-order valence-electron chi connectivity index (χ0n) is 12.2. The lowest BCUT2D eigenvalue weighted by atomic mass is 10.1. The first-order chi connectivity index (χ1) is 9.99. The smallest absolute Gasteiger partial charge is 0.335 e. The maximum absolute atomic E-state index is 11.0. The van der Waals surface area contributed by atoms with Gasteiger partial charge in [-0.2, -0.15) is 0 Å². The Morgan fingerprint density at radius 2 is 1.95 bits per heavy atom. The molecule has 1 aromatic carbocycles. The Kier molecular flexibility index (Phi) is 4.42. The predicted molar refractivity (Wildman–Crippen MR) is 78.0 cm³/mol. The van der Waals surface area contributed by atoms with Crippen molar-refractivity contribution in [3.63, 3.8) is 0 Å². The van der Waals surface area contributed by atoms with E-state index in [0.29, 0.717) is 17.9 Å². The van der Waals surface area contributed by atoms with Gasteiger partial charge in [0.1, 0.15) is 18.1 Å². The molecule has 1 N–H and O–H groups in total. The highest BCUT2D eigenvalue weighted by molar-refractivity contribution is 5.89. The van der Waals surface area contributed by atoms with Crippen molar-refractivity contribution in [3.8, 4) is 11.5 Å². The molecule has 0 amide bonds. The van der Waals surface area contributed by atoms with Gasteiger partial charge in [0.2, 0.25) is 0 Å². The lowest BCUT2D eigenvalue weighted by molar-refractivity contribution is 0.0696. The van der Waals surface area contributed by atoms with Crippen molar-refractivity contribution in [2.45, 2.75) is 20.5 Å². The number of hydrogen-bond acceptors (Lipinski definition) is 4. The second-order valence-corrected chi connectivity index (χ2v) is 4.71. The minimum atomic E-state index is -0.941. The summed E-state index contributed by atoms with van der Waals surface area (Å²) in [7, 11) is 1.60. The molecule has 0 aliphatic carbocycles. The monoisotopic (exact) mass is 287 g/mol. The van der Waals surface area contributed by atoms with Crippen molar-refractivity contribution in [2.75, 3.05) is 7.11 Å². The average Bonchev–Trinajstić information content (AvgIpc) is 2.44. The molecule has 110 valence electrons. The van der Waals surface area contributed by atoms with Crippen molar-refractivity contribution in [3.05, 3.63) is 52.8 Å². The summed E-state index contributed by atoms with van der Waals surface area (Å²) in [5, 5.41) is 8.99. The van der Waals surface area contributed by atoms with Gasteiger partial charge in [-0.3, -0.25) is 4.98 Å². The van der Waals surface area contributed by atoms with Crippen LogP contribution in [0.25, 0.3) is 0 Å². The van der Waals surface area contributed by atoms with Crippen LogP contribution in [0.2, 0.25) is 0 Å². The second-order valence-electron chi connectivity index (χ2n) is 4.71. The van der Waals surface area contributed by atoms with Gasteiger partial charge in [-0.05, 0) is 37.6 Å². The van der Waals surface area contributed by atoms with Gasteiger partial charge in [-0.1, -0.05) is 0 Å². The highest BCUT2D eigenvalue weighted by Crippen LogP contribution is 2.19. The first-order valence-electron chi connectivity index (χ1n) is 6.48. The quantitative estimate of drug-likeness (QED) is 0.915. The zero-order valence-corrected chi connectivity index (χ0v) is 12.2. The molecule has 5 nitrogen and oxygen atoms in total. The van der Waals surface area contributed by atoms with E-state index < -0.39 is 5.97 Å². The van der Waals surface area contributed by atoms with Crippen molar-refractivity contribution >= 4 is 5.97 Å². The van der Waals surface area contributed by atoms with Crippen molar-refractivity contribution < 1.29 is 19.4 Å². The third-order valence-corrected chi connectivity index (χ3v) is 3.03. The normalized spacial score (nSPS) is 10.2. The number of carboxylic acid groups (broad SMARTS) is 1. The van der Waals surface area contributed by atoms with Crippen LogP contribution >= 0.6 is 0 Å². The first kappa shape index (κ1) is 14.8. The molecule has 5 heteroatoms. The van der Waals surface area contributed by atoms with Crippen molar-refractivity contribution in [1.29, 1.82) is 0 Å². The molecule has 0 bridgehead atoms. The van der Waals surface area contributed by atoms with Crippen LogP contribution in [0.3, 0.4) is 0 Å². The summed E-state index contributed by atoms with van der Waals surface area (Å²) in [6, 6.07) is 8.54. The highest BCUT2D eigenvalue weighted by atomic mass is 16.5. The molecule has 0 aliphatic heterocycles. The zero-order chi connectivity index (χ0) is 15.4. The van der Waals surface area contributed by atoms with E-state index in [-0.39, 0.29) is 5.56 Å². The number of nitrogens with zero attached hydrogens (tertiary/aromatic N) is 1. The number of aryl methyl sites for hydroxylation is 2. The molecule has 2 aromatic rings. The van der Waals surface area contributed by atoms with E-state index in [4.69, 9.17) is 14.6 Å². The predicted octanol–water partition coefficient (Wildman–Crippen LogP) is 2.98. The number of hydrogen-bond donors (Lipinski definition) is 1. The third kappa shape index (κ3) is 3.72. The van der Waals surface area contributed by atoms with Gasteiger partial charge in [-0.25, -0.2) is 4.79 Å². The highest BCUT2D eigenvalue weighted by Gasteiger charge is 2.08. The van der Waals surface area contributed by atoms with Crippen LogP contribution in [0.1, 0.15) is 27.3 Å². The Hall–Kier alpha value is -2.56. The van der Waals surface area contributed by atoms with Crippen LogP contribution in [0.4, 0.5) is 0 Å². The van der Waals surface area contributed by atoms with Crippen molar-refractivity contribution in [2.24, 2.45) is 0 Å². The number of aromatic carboxylic acids is 1. The minimum absolute atomic E-state index is 0.276. The fraction of sp³-hybridized carbons (Fsp3) is 0.250. The average molecular weight is 287 g/mol. The number of carbonyl (C=O) groups is 1. The van der Waals surface area contributed by atoms with Gasteiger partial charge in [0.05, 0.1) is 18.4 Å². The van der Waals surface area contributed by atoms with Gasteiger partial charge in [0.25, 0.3) is 0 Å². The molecule has 0 saturated heterocycles. The minimum Gasteiger partial charge on any atom is -0.497 e. The van der Waals surface area contributed by atoms with E-state index in [1.807, 2.05) is 19.1 Å². The Morgan fingerprint density at radius 3 is 2.57 bits per heavy atom. The number of ether oxygens (including phenoxy) is 2. The molecule has 0 fully saturated rings. The lowest BCUT2D eigenvalue weighted by Gasteiger charge is -2.09. The first-order valence-corrected chi connectivity index (χ1v) is 6.48. The van der Waals surface area contributed by atoms with E-state index in [0.717, 1.165) is 17.1 Å². The number of carboxylic acids is 1. The van der Waals surface area contributed by atoms with Crippen LogP contribution < -0.4 is 9.47 Å². The summed E-state index contributed by atoms with van der Waals surface area (Å²) in [4.78, 5) is 15.3. The third-order valence-electron chi connectivity index (χ3n) is 3.03. The van der Waals surface area contributed by atoms with Crippen LogP contribution in [0.5, 0.6) is 11.5 Å². The maximum Gasteiger partial charge on any atom is 0.335 e. The van der Waals surface area contributed by atoms with Crippen LogP contribution in [-0.4, -0.2) is 23.2 Å². The Labute approximate surface area is 123 Å². The topological polar surface area (TPSA) is 68.7 Å². The number of rotatable bonds is 5. The lowest BCUT2D eigenvalue weighted by Crippen LogP contribution is -2.03. The molecule has 2 rings (SSSR count). The maximum atomic E-state index is 11.0. The number of benzene rings is 1. The van der Waals surface area contributed by atoms with Gasteiger partial charge >= 0.3 is 5.97 Å². The van der Waals surface area contributed by atoms with E-state index in [1.54, 1.807) is 26.2 Å². The number of methoxy groups -OCH3 is 1. The van der Waals surface area contributed by atoms with E-state index in [2.05, 4.69) is 4.98 Å². The molecule has 0 aliphatic rings. The van der Waals surface area contributed by atoms with Gasteiger partial charge in [0.15, 0.2) is 0 Å². The van der Waals surface area contributed by atoms with E-state index in [9.17, 15) is 4.79 Å². The summed E-state index contributed by atoms with van der Waals surface area (Å²) in [5.74, 6) is 0.405. The molecule has 1 aromatic heterocycles. The Bertz CT molecular complexity index is 667. The summed E-state index contributed by atoms with van der Waals surface area (Å²) >= 11 is 0. The SMILES string of the molecule is COc1cc(C)nc(COc2ccc(C(=O)O)c(C)c2)c1. The Morgan fingerprint density at radius 1 is 1.19 bits per heavy atom. The number of aromatic nitrogens is 1. The van der Waals surface area contributed by atoms with Crippen LogP contribution in [0, 0.1) is 13.8 Å². The Balaban J connectivity index is 2.11. The molecular weight excluding hydrogens is 270 g/mol. The fourth-order valence-corrected chi connectivity index (χ4v) is 2.02. The second kappa shape index (κ2) is 6.26. The summed E-state index contributed by atoms with van der Waals surface area (Å²) in [5.41, 5.74) is 2.55. The molecule has 0 atom stereocenters. The molecule has 21 heavy (non-hydrogen) atoms. The molecule has 0 spiro atoms. The summed E-state index contributed by atoms with van der Waals surface area (Å²) in [6.45, 7) is 3.92. The van der Waals surface area contributed by atoms with Crippen molar-refractivity contribution in [1.82, 2.24) is 4.98 Å². The largest absolute Gasteiger partial charge is 0.497 e.